The van der Waals surface area contributed by atoms with E-state index in [1.807, 2.05) is 0 Å². The fourth-order valence-electron chi connectivity index (χ4n) is 2.85. The van der Waals surface area contributed by atoms with Crippen LogP contribution in [0.4, 0.5) is 0 Å². The Hall–Kier alpha value is -0.650. The number of rotatable bonds is 9. The molecule has 1 saturated heterocycles. The lowest BCUT2D eigenvalue weighted by atomic mass is 9.88. The van der Waals surface area contributed by atoms with Gasteiger partial charge in [0.2, 0.25) is 5.91 Å². The highest BCUT2D eigenvalue weighted by Gasteiger charge is 2.15. The van der Waals surface area contributed by atoms with E-state index in [-0.39, 0.29) is 5.91 Å². The molecule has 21 heavy (non-hydrogen) atoms. The van der Waals surface area contributed by atoms with Crippen LogP contribution >= 0.6 is 0 Å². The van der Waals surface area contributed by atoms with Crippen molar-refractivity contribution in [3.05, 3.63) is 0 Å². The number of likely N-dealkylation sites (N-methyl/N-ethyl adjacent to an activating group) is 1. The Bertz CT molecular complexity index is 288. The van der Waals surface area contributed by atoms with Gasteiger partial charge in [0.1, 0.15) is 0 Å². The summed E-state index contributed by atoms with van der Waals surface area (Å²) in [4.78, 5) is 16.7. The highest BCUT2D eigenvalue weighted by Crippen LogP contribution is 2.20. The first-order valence-electron chi connectivity index (χ1n) is 8.40. The molecule has 0 aromatic rings. The standard InChI is InChI=1S/C16H34N4O/c1-14(2)15(6-7-17)4-5-16(21)18-8-9-20-12-10-19(3)11-13-20/h14-15H,4-13,17H2,1-3H3,(H,18,21). The molecular weight excluding hydrogens is 264 g/mol. The summed E-state index contributed by atoms with van der Waals surface area (Å²) >= 11 is 0. The van der Waals surface area contributed by atoms with Crippen molar-refractivity contribution in [1.29, 1.82) is 0 Å². The Morgan fingerprint density at radius 2 is 1.86 bits per heavy atom. The summed E-state index contributed by atoms with van der Waals surface area (Å²) in [6.45, 7) is 11.4. The van der Waals surface area contributed by atoms with Gasteiger partial charge in [-0.1, -0.05) is 13.8 Å². The van der Waals surface area contributed by atoms with Crippen molar-refractivity contribution in [2.24, 2.45) is 17.6 Å². The van der Waals surface area contributed by atoms with Crippen molar-refractivity contribution in [2.75, 3.05) is 52.9 Å². The molecule has 0 aromatic carbocycles. The number of amides is 1. The number of hydrogen-bond donors (Lipinski definition) is 2. The van der Waals surface area contributed by atoms with E-state index in [1.54, 1.807) is 0 Å². The molecule has 5 nitrogen and oxygen atoms in total. The molecule has 1 unspecified atom stereocenters. The quantitative estimate of drug-likeness (QED) is 0.659. The Morgan fingerprint density at radius 1 is 1.19 bits per heavy atom. The van der Waals surface area contributed by atoms with Crippen molar-refractivity contribution >= 4 is 5.91 Å². The lowest BCUT2D eigenvalue weighted by Crippen LogP contribution is -2.46. The first-order valence-corrected chi connectivity index (χ1v) is 8.40. The van der Waals surface area contributed by atoms with Crippen molar-refractivity contribution in [2.45, 2.75) is 33.1 Å². The molecular formula is C16H34N4O. The summed E-state index contributed by atoms with van der Waals surface area (Å²) in [6, 6.07) is 0. The molecule has 5 heteroatoms. The maximum atomic E-state index is 11.9. The van der Waals surface area contributed by atoms with E-state index in [2.05, 4.69) is 36.0 Å². The van der Waals surface area contributed by atoms with Gasteiger partial charge in [-0.3, -0.25) is 9.69 Å². The maximum Gasteiger partial charge on any atom is 0.220 e. The molecule has 0 radical (unpaired) electrons. The lowest BCUT2D eigenvalue weighted by Gasteiger charge is -2.32. The SMILES string of the molecule is CC(C)C(CCN)CCC(=O)NCCN1CCN(C)CC1. The minimum atomic E-state index is 0.187. The van der Waals surface area contributed by atoms with Crippen LogP contribution in [0, 0.1) is 11.8 Å². The van der Waals surface area contributed by atoms with Gasteiger partial charge in [-0.05, 0) is 38.3 Å². The number of carbonyl (C=O) groups is 1. The van der Waals surface area contributed by atoms with Gasteiger partial charge in [0, 0.05) is 45.7 Å². The molecule has 0 aromatic heterocycles. The van der Waals surface area contributed by atoms with Crippen LogP contribution in [0.15, 0.2) is 0 Å². The van der Waals surface area contributed by atoms with Crippen molar-refractivity contribution in [3.63, 3.8) is 0 Å². The molecule has 1 rings (SSSR count). The predicted octanol–water partition coefficient (Wildman–Crippen LogP) is 0.751. The molecule has 1 aliphatic rings. The largest absolute Gasteiger partial charge is 0.355 e. The van der Waals surface area contributed by atoms with Gasteiger partial charge in [0.25, 0.3) is 0 Å². The van der Waals surface area contributed by atoms with E-state index in [0.717, 1.165) is 52.1 Å². The molecule has 0 aliphatic carbocycles. The molecule has 1 heterocycles. The molecule has 3 N–H and O–H groups in total. The molecule has 1 fully saturated rings. The Kier molecular flexibility index (Phi) is 8.88. The van der Waals surface area contributed by atoms with Gasteiger partial charge >= 0.3 is 0 Å². The molecule has 1 atom stereocenters. The second-order valence-electron chi connectivity index (χ2n) is 6.61. The molecule has 124 valence electrons. The number of carbonyl (C=O) groups excluding carboxylic acids is 1. The Morgan fingerprint density at radius 3 is 2.43 bits per heavy atom. The molecule has 1 aliphatic heterocycles. The Labute approximate surface area is 130 Å². The van der Waals surface area contributed by atoms with Gasteiger partial charge in [-0.25, -0.2) is 0 Å². The topological polar surface area (TPSA) is 61.6 Å². The van der Waals surface area contributed by atoms with E-state index >= 15 is 0 Å². The summed E-state index contributed by atoms with van der Waals surface area (Å²) in [5, 5.41) is 3.05. The van der Waals surface area contributed by atoms with Crippen LogP contribution in [-0.4, -0.2) is 68.6 Å². The van der Waals surface area contributed by atoms with Crippen LogP contribution < -0.4 is 11.1 Å². The summed E-state index contributed by atoms with van der Waals surface area (Å²) in [5.74, 6) is 1.36. The van der Waals surface area contributed by atoms with Crippen LogP contribution in [0.25, 0.3) is 0 Å². The van der Waals surface area contributed by atoms with E-state index < -0.39 is 0 Å². The average molecular weight is 298 g/mol. The number of piperazine rings is 1. The van der Waals surface area contributed by atoms with Gasteiger partial charge < -0.3 is 16.0 Å². The number of nitrogens with zero attached hydrogens (tertiary/aromatic N) is 2. The van der Waals surface area contributed by atoms with Crippen LogP contribution in [-0.2, 0) is 4.79 Å². The van der Waals surface area contributed by atoms with Crippen molar-refractivity contribution < 1.29 is 4.79 Å². The normalized spacial score (nSPS) is 18.9. The van der Waals surface area contributed by atoms with Crippen LogP contribution in [0.5, 0.6) is 0 Å². The zero-order chi connectivity index (χ0) is 15.7. The number of nitrogens with one attached hydrogen (secondary N) is 1. The first kappa shape index (κ1) is 18.4. The zero-order valence-corrected chi connectivity index (χ0v) is 14.1. The van der Waals surface area contributed by atoms with E-state index in [0.29, 0.717) is 24.8 Å². The van der Waals surface area contributed by atoms with Crippen molar-refractivity contribution in [1.82, 2.24) is 15.1 Å². The minimum absolute atomic E-state index is 0.187. The van der Waals surface area contributed by atoms with E-state index in [9.17, 15) is 4.79 Å². The minimum Gasteiger partial charge on any atom is -0.355 e. The summed E-state index contributed by atoms with van der Waals surface area (Å²) < 4.78 is 0. The van der Waals surface area contributed by atoms with Crippen LogP contribution in [0.2, 0.25) is 0 Å². The lowest BCUT2D eigenvalue weighted by molar-refractivity contribution is -0.121. The van der Waals surface area contributed by atoms with E-state index in [4.69, 9.17) is 5.73 Å². The highest BCUT2D eigenvalue weighted by atomic mass is 16.1. The fourth-order valence-corrected chi connectivity index (χ4v) is 2.85. The van der Waals surface area contributed by atoms with Crippen LogP contribution in [0.1, 0.15) is 33.1 Å². The molecule has 0 bridgehead atoms. The van der Waals surface area contributed by atoms with Gasteiger partial charge in [-0.15, -0.1) is 0 Å². The molecule has 1 amide bonds. The van der Waals surface area contributed by atoms with Gasteiger partial charge in [0.15, 0.2) is 0 Å². The third-order valence-electron chi connectivity index (χ3n) is 4.57. The monoisotopic (exact) mass is 298 g/mol. The predicted molar refractivity (Wildman–Crippen MR) is 88.2 cm³/mol. The first-order chi connectivity index (χ1) is 10.0. The zero-order valence-electron chi connectivity index (χ0n) is 14.1. The summed E-state index contributed by atoms with van der Waals surface area (Å²) in [5.41, 5.74) is 5.64. The third kappa shape index (κ3) is 7.79. The molecule has 0 spiro atoms. The smallest absolute Gasteiger partial charge is 0.220 e. The highest BCUT2D eigenvalue weighted by molar-refractivity contribution is 5.75. The Balaban J connectivity index is 2.10. The maximum absolute atomic E-state index is 11.9. The fraction of sp³-hybridized carbons (Fsp3) is 0.938. The van der Waals surface area contributed by atoms with Gasteiger partial charge in [-0.2, -0.15) is 0 Å². The van der Waals surface area contributed by atoms with E-state index in [1.165, 1.54) is 0 Å². The second-order valence-corrected chi connectivity index (χ2v) is 6.61. The van der Waals surface area contributed by atoms with Gasteiger partial charge in [0.05, 0.1) is 0 Å². The van der Waals surface area contributed by atoms with Crippen molar-refractivity contribution in [3.8, 4) is 0 Å². The second kappa shape index (κ2) is 10.1. The number of nitrogens with two attached hydrogens (primary N) is 1. The summed E-state index contributed by atoms with van der Waals surface area (Å²) in [7, 11) is 2.16. The average Bonchev–Trinajstić information content (AvgIpc) is 2.45. The molecule has 0 saturated carbocycles. The van der Waals surface area contributed by atoms with Crippen LogP contribution in [0.3, 0.4) is 0 Å². The number of hydrogen-bond acceptors (Lipinski definition) is 4. The third-order valence-corrected chi connectivity index (χ3v) is 4.57. The summed E-state index contributed by atoms with van der Waals surface area (Å²) in [6.07, 6.45) is 2.60.